The maximum Gasteiger partial charge on any atom is 0.233 e. The van der Waals surface area contributed by atoms with Crippen LogP contribution in [0.3, 0.4) is 0 Å². The van der Waals surface area contributed by atoms with E-state index in [1.165, 1.54) is 0 Å². The molecule has 0 unspecified atom stereocenters. The van der Waals surface area contributed by atoms with E-state index in [1.807, 2.05) is 18.7 Å². The first-order chi connectivity index (χ1) is 12.1. The van der Waals surface area contributed by atoms with Crippen molar-refractivity contribution < 1.29 is 14.6 Å². The van der Waals surface area contributed by atoms with E-state index >= 15 is 0 Å². The van der Waals surface area contributed by atoms with Gasteiger partial charge < -0.3 is 14.7 Å². The van der Waals surface area contributed by atoms with Gasteiger partial charge >= 0.3 is 0 Å². The molecule has 25 heavy (non-hydrogen) atoms. The number of ether oxygens (including phenoxy) is 1. The van der Waals surface area contributed by atoms with Gasteiger partial charge in [-0.05, 0) is 48.8 Å². The number of hydrogen-bond acceptors (Lipinski definition) is 7. The number of benzene rings is 1. The van der Waals surface area contributed by atoms with Gasteiger partial charge in [0.2, 0.25) is 11.7 Å². The van der Waals surface area contributed by atoms with Crippen molar-refractivity contribution in [2.24, 2.45) is 20.7 Å². The number of piperidine rings is 1. The molecule has 3 rings (SSSR count). The first kappa shape index (κ1) is 17.1. The molecule has 0 aromatic heterocycles. The molecule has 0 radical (unpaired) electrons. The number of carbonyl (C=O) groups excluding carboxylic acids is 1. The van der Waals surface area contributed by atoms with Gasteiger partial charge in [-0.2, -0.15) is 0 Å². The van der Waals surface area contributed by atoms with E-state index in [1.54, 1.807) is 24.3 Å². The Morgan fingerprint density at radius 1 is 1.16 bits per heavy atom. The van der Waals surface area contributed by atoms with Crippen LogP contribution in [0, 0.1) is 0 Å². The SMILES string of the molecule is C[C@@H]1CCC[C@H](C)N1C(=O)COC([O-])=c1ccc(=C2N=NN=N2)cc1. The fraction of sp³-hybridized carbons (Fsp3) is 0.471. The minimum Gasteiger partial charge on any atom is -0.603 e. The van der Waals surface area contributed by atoms with Crippen molar-refractivity contribution in [3.05, 3.63) is 34.7 Å². The lowest BCUT2D eigenvalue weighted by atomic mass is 9.97. The Hall–Kier alpha value is -2.77. The van der Waals surface area contributed by atoms with Gasteiger partial charge in [0.15, 0.2) is 0 Å². The van der Waals surface area contributed by atoms with Crippen LogP contribution in [-0.4, -0.2) is 29.5 Å². The molecule has 0 bridgehead atoms. The summed E-state index contributed by atoms with van der Waals surface area (Å²) in [5.74, 6) is -0.285. The molecule has 132 valence electrons. The molecule has 8 nitrogen and oxygen atoms in total. The van der Waals surface area contributed by atoms with Crippen LogP contribution < -0.4 is 15.5 Å². The number of likely N-dealkylation sites (tertiary alicyclic amines) is 1. The van der Waals surface area contributed by atoms with Crippen LogP contribution in [0.4, 0.5) is 0 Å². The summed E-state index contributed by atoms with van der Waals surface area (Å²) in [7, 11) is 0. The second kappa shape index (κ2) is 7.42. The highest BCUT2D eigenvalue weighted by Gasteiger charge is 2.27. The highest BCUT2D eigenvalue weighted by atomic mass is 16.6. The van der Waals surface area contributed by atoms with E-state index in [0.29, 0.717) is 16.3 Å². The monoisotopic (exact) mass is 342 g/mol. The maximum absolute atomic E-state index is 12.4. The third-order valence-corrected chi connectivity index (χ3v) is 4.51. The molecule has 0 aliphatic carbocycles. The van der Waals surface area contributed by atoms with Crippen LogP contribution in [0.2, 0.25) is 0 Å². The van der Waals surface area contributed by atoms with Crippen molar-refractivity contribution in [2.45, 2.75) is 45.2 Å². The summed E-state index contributed by atoms with van der Waals surface area (Å²) < 4.78 is 5.18. The average molecular weight is 342 g/mol. The van der Waals surface area contributed by atoms with Crippen LogP contribution in [0.25, 0.3) is 11.8 Å². The summed E-state index contributed by atoms with van der Waals surface area (Å²) in [6.07, 6.45) is 3.09. The van der Waals surface area contributed by atoms with E-state index in [2.05, 4.69) is 20.7 Å². The molecule has 2 atom stereocenters. The van der Waals surface area contributed by atoms with Crippen LogP contribution in [-0.2, 0) is 9.53 Å². The zero-order chi connectivity index (χ0) is 17.8. The molecule has 8 heteroatoms. The summed E-state index contributed by atoms with van der Waals surface area (Å²) in [5, 5.41) is 27.5. The number of rotatable bonds is 3. The van der Waals surface area contributed by atoms with E-state index in [4.69, 9.17) is 4.74 Å². The molecule has 1 fully saturated rings. The predicted octanol–water partition coefficient (Wildman–Crippen LogP) is 0.817. The number of carbonyl (C=O) groups is 1. The van der Waals surface area contributed by atoms with Gasteiger partial charge in [0.1, 0.15) is 0 Å². The first-order valence-electron chi connectivity index (χ1n) is 8.33. The Morgan fingerprint density at radius 3 is 2.36 bits per heavy atom. The fourth-order valence-electron chi connectivity index (χ4n) is 3.21. The molecule has 0 saturated carbocycles. The minimum absolute atomic E-state index is 0.146. The van der Waals surface area contributed by atoms with Crippen molar-refractivity contribution in [2.75, 3.05) is 6.61 Å². The molecular weight excluding hydrogens is 322 g/mol. The Bertz CT molecular complexity index is 786. The molecule has 0 N–H and O–H groups in total. The molecule has 1 amide bonds. The summed E-state index contributed by atoms with van der Waals surface area (Å²) >= 11 is 0. The quantitative estimate of drug-likeness (QED) is 0.812. The van der Waals surface area contributed by atoms with Gasteiger partial charge in [-0.1, -0.05) is 24.3 Å². The van der Waals surface area contributed by atoms with Gasteiger partial charge in [0.05, 0.1) is 12.6 Å². The topological polar surface area (TPSA) is 102 Å². The van der Waals surface area contributed by atoms with Gasteiger partial charge in [0, 0.05) is 17.3 Å². The second-order valence-electron chi connectivity index (χ2n) is 6.29. The molecular formula is C17H20N5O3-. The smallest absolute Gasteiger partial charge is 0.233 e. The Balaban J connectivity index is 1.69. The fourth-order valence-corrected chi connectivity index (χ4v) is 3.21. The van der Waals surface area contributed by atoms with Crippen LogP contribution in [0.5, 0.6) is 0 Å². The second-order valence-corrected chi connectivity index (χ2v) is 6.29. The van der Waals surface area contributed by atoms with Crippen molar-refractivity contribution in [1.29, 1.82) is 0 Å². The standard InChI is InChI=1S/C17H21N5O3/c1-11-4-3-5-12(2)22(11)15(23)10-25-17(24)14-8-6-13(7-9-14)16-18-20-21-19-16/h6-9,11-12,24H,3-5,10H2,1-2H3/p-1/t11-,12+. The molecule has 2 heterocycles. The average Bonchev–Trinajstić information content (AvgIpc) is 3.14. The van der Waals surface area contributed by atoms with E-state index in [9.17, 15) is 9.90 Å². The van der Waals surface area contributed by atoms with Crippen molar-refractivity contribution in [3.63, 3.8) is 0 Å². The number of hydrogen-bond donors (Lipinski definition) is 0. The molecule has 2 aliphatic rings. The Labute approximate surface area is 145 Å². The van der Waals surface area contributed by atoms with Crippen molar-refractivity contribution in [3.8, 4) is 0 Å². The number of nitrogens with zero attached hydrogens (tertiary/aromatic N) is 5. The summed E-state index contributed by atoms with van der Waals surface area (Å²) in [6.45, 7) is 3.82. The van der Waals surface area contributed by atoms with Crippen molar-refractivity contribution >= 4 is 17.7 Å². The lowest BCUT2D eigenvalue weighted by molar-refractivity contribution is -0.291. The normalized spacial score (nSPS) is 22.3. The molecule has 1 aromatic carbocycles. The summed E-state index contributed by atoms with van der Waals surface area (Å²) in [4.78, 5) is 14.2. The van der Waals surface area contributed by atoms with E-state index in [0.717, 1.165) is 19.3 Å². The first-order valence-corrected chi connectivity index (χ1v) is 8.33. The predicted molar refractivity (Wildman–Crippen MR) is 87.8 cm³/mol. The lowest BCUT2D eigenvalue weighted by Crippen LogP contribution is -2.49. The van der Waals surface area contributed by atoms with E-state index < -0.39 is 5.95 Å². The third kappa shape index (κ3) is 3.84. The molecule has 2 aliphatic heterocycles. The van der Waals surface area contributed by atoms with Gasteiger partial charge in [0.25, 0.3) is 0 Å². The highest BCUT2D eigenvalue weighted by molar-refractivity contribution is 5.78. The molecule has 1 aromatic rings. The lowest BCUT2D eigenvalue weighted by Gasteiger charge is -2.39. The maximum atomic E-state index is 12.4. The zero-order valence-corrected chi connectivity index (χ0v) is 14.3. The molecule has 1 saturated heterocycles. The van der Waals surface area contributed by atoms with Gasteiger partial charge in [-0.15, -0.1) is 10.2 Å². The summed E-state index contributed by atoms with van der Waals surface area (Å²) in [6, 6.07) is 6.94. The minimum atomic E-state index is -0.531. The molecule has 0 spiro atoms. The van der Waals surface area contributed by atoms with Gasteiger partial charge in [-0.25, -0.2) is 0 Å². The summed E-state index contributed by atoms with van der Waals surface area (Å²) in [5.41, 5.74) is 0. The Morgan fingerprint density at radius 2 is 1.76 bits per heavy atom. The highest BCUT2D eigenvalue weighted by Crippen LogP contribution is 2.22. The van der Waals surface area contributed by atoms with Gasteiger partial charge in [-0.3, -0.25) is 4.79 Å². The van der Waals surface area contributed by atoms with E-state index in [-0.39, 0.29) is 24.6 Å². The zero-order valence-electron chi connectivity index (χ0n) is 14.3. The third-order valence-electron chi connectivity index (χ3n) is 4.51. The Kier molecular flexibility index (Phi) is 5.06. The van der Waals surface area contributed by atoms with Crippen LogP contribution in [0.15, 0.2) is 44.9 Å². The largest absolute Gasteiger partial charge is 0.603 e. The van der Waals surface area contributed by atoms with Crippen molar-refractivity contribution in [1.82, 2.24) is 4.90 Å². The number of amides is 1. The van der Waals surface area contributed by atoms with Crippen LogP contribution in [0.1, 0.15) is 33.1 Å². The van der Waals surface area contributed by atoms with Crippen LogP contribution >= 0.6 is 0 Å².